The number of methoxy groups -OCH3 is 2. The van der Waals surface area contributed by atoms with Gasteiger partial charge < -0.3 is 19.8 Å². The molecule has 6 heteroatoms. The van der Waals surface area contributed by atoms with E-state index in [2.05, 4.69) is 10.3 Å². The molecule has 0 atom stereocenters. The van der Waals surface area contributed by atoms with E-state index >= 15 is 0 Å². The highest BCUT2D eigenvalue weighted by atomic mass is 16.7. The molecule has 1 amide bonds. The van der Waals surface area contributed by atoms with Crippen molar-refractivity contribution in [1.29, 1.82) is 0 Å². The van der Waals surface area contributed by atoms with Crippen molar-refractivity contribution < 1.29 is 14.3 Å². The number of H-pyrrole nitrogens is 1. The second-order valence-electron chi connectivity index (χ2n) is 4.59. The van der Waals surface area contributed by atoms with Crippen molar-refractivity contribution in [1.82, 2.24) is 10.3 Å². The predicted octanol–water partition coefficient (Wildman–Crippen LogP) is 1.39. The summed E-state index contributed by atoms with van der Waals surface area (Å²) in [6.45, 7) is 0.158. The van der Waals surface area contributed by atoms with E-state index in [1.807, 2.05) is 30.3 Å². The van der Waals surface area contributed by atoms with Gasteiger partial charge in [-0.05, 0) is 17.7 Å². The molecule has 0 aliphatic carbocycles. The lowest BCUT2D eigenvalue weighted by Gasteiger charge is -2.13. The molecule has 2 aromatic rings. The highest BCUT2D eigenvalue weighted by Gasteiger charge is 2.13. The number of rotatable bonds is 6. The molecule has 1 heterocycles. The number of amides is 1. The molecule has 0 spiro atoms. The SMILES string of the molecule is COC(CNC(=O)c1ccc(-c2ccccc2)[nH]c1=O)OC. The fourth-order valence-corrected chi connectivity index (χ4v) is 1.97. The Bertz CT molecular complexity index is 678. The van der Waals surface area contributed by atoms with E-state index in [9.17, 15) is 9.59 Å². The number of carbonyl (C=O) groups is 1. The third-order valence-electron chi connectivity index (χ3n) is 3.19. The summed E-state index contributed by atoms with van der Waals surface area (Å²) in [5.41, 5.74) is 1.15. The Morgan fingerprint density at radius 3 is 2.41 bits per heavy atom. The number of ether oxygens (including phenoxy) is 2. The quantitative estimate of drug-likeness (QED) is 0.790. The Hall–Kier alpha value is -2.44. The van der Waals surface area contributed by atoms with Crippen LogP contribution in [0.2, 0.25) is 0 Å². The summed E-state index contributed by atoms with van der Waals surface area (Å²) in [5, 5.41) is 2.59. The first-order valence-electron chi connectivity index (χ1n) is 6.78. The van der Waals surface area contributed by atoms with Crippen LogP contribution in [0, 0.1) is 0 Å². The van der Waals surface area contributed by atoms with E-state index in [0.29, 0.717) is 5.69 Å². The summed E-state index contributed by atoms with van der Waals surface area (Å²) >= 11 is 0. The fraction of sp³-hybridized carbons (Fsp3) is 0.250. The van der Waals surface area contributed by atoms with E-state index in [0.717, 1.165) is 5.56 Å². The van der Waals surface area contributed by atoms with Gasteiger partial charge in [-0.1, -0.05) is 30.3 Å². The van der Waals surface area contributed by atoms with Gasteiger partial charge in [0, 0.05) is 19.9 Å². The Balaban J connectivity index is 2.13. The predicted molar refractivity (Wildman–Crippen MR) is 82.6 cm³/mol. The average molecular weight is 302 g/mol. The molecule has 0 radical (unpaired) electrons. The lowest BCUT2D eigenvalue weighted by atomic mass is 10.1. The molecule has 6 nitrogen and oxygen atoms in total. The zero-order chi connectivity index (χ0) is 15.9. The zero-order valence-corrected chi connectivity index (χ0v) is 12.5. The van der Waals surface area contributed by atoms with Gasteiger partial charge in [0.1, 0.15) is 5.56 Å². The van der Waals surface area contributed by atoms with E-state index in [4.69, 9.17) is 9.47 Å². The van der Waals surface area contributed by atoms with Crippen molar-refractivity contribution >= 4 is 5.91 Å². The Morgan fingerprint density at radius 1 is 1.14 bits per heavy atom. The molecule has 116 valence electrons. The third kappa shape index (κ3) is 3.81. The first-order chi connectivity index (χ1) is 10.7. The number of aromatic amines is 1. The van der Waals surface area contributed by atoms with E-state index in [1.54, 1.807) is 6.07 Å². The Morgan fingerprint density at radius 2 is 1.82 bits per heavy atom. The van der Waals surface area contributed by atoms with Gasteiger partial charge in [0.25, 0.3) is 11.5 Å². The summed E-state index contributed by atoms with van der Waals surface area (Å²) in [5.74, 6) is -0.472. The van der Waals surface area contributed by atoms with Crippen molar-refractivity contribution in [2.75, 3.05) is 20.8 Å². The molecule has 22 heavy (non-hydrogen) atoms. The maximum Gasteiger partial charge on any atom is 0.261 e. The molecule has 0 unspecified atom stereocenters. The molecule has 0 aliphatic heterocycles. The van der Waals surface area contributed by atoms with E-state index in [1.165, 1.54) is 20.3 Å². The van der Waals surface area contributed by atoms with Gasteiger partial charge in [0.2, 0.25) is 0 Å². The topological polar surface area (TPSA) is 80.4 Å². The largest absolute Gasteiger partial charge is 0.354 e. The fourth-order valence-electron chi connectivity index (χ4n) is 1.97. The highest BCUT2D eigenvalue weighted by molar-refractivity contribution is 5.94. The highest BCUT2D eigenvalue weighted by Crippen LogP contribution is 2.14. The van der Waals surface area contributed by atoms with Crippen molar-refractivity contribution in [3.8, 4) is 11.3 Å². The summed E-state index contributed by atoms with van der Waals surface area (Å²) in [7, 11) is 2.95. The van der Waals surface area contributed by atoms with Crippen LogP contribution >= 0.6 is 0 Å². The third-order valence-corrected chi connectivity index (χ3v) is 3.19. The number of aromatic nitrogens is 1. The van der Waals surface area contributed by atoms with Crippen LogP contribution in [-0.4, -0.2) is 37.9 Å². The van der Waals surface area contributed by atoms with Crippen molar-refractivity contribution in [3.63, 3.8) is 0 Å². The smallest absolute Gasteiger partial charge is 0.261 e. The number of hydrogen-bond donors (Lipinski definition) is 2. The van der Waals surface area contributed by atoms with Crippen LogP contribution in [0.4, 0.5) is 0 Å². The molecule has 0 aliphatic rings. The summed E-state index contributed by atoms with van der Waals surface area (Å²) in [4.78, 5) is 26.8. The lowest BCUT2D eigenvalue weighted by molar-refractivity contribution is -0.0974. The van der Waals surface area contributed by atoms with Crippen molar-refractivity contribution in [3.05, 3.63) is 58.4 Å². The van der Waals surface area contributed by atoms with Gasteiger partial charge in [0.15, 0.2) is 6.29 Å². The number of hydrogen-bond acceptors (Lipinski definition) is 4. The van der Waals surface area contributed by atoms with Gasteiger partial charge >= 0.3 is 0 Å². The maximum absolute atomic E-state index is 12.1. The van der Waals surface area contributed by atoms with Crippen LogP contribution in [0.25, 0.3) is 11.3 Å². The molecule has 1 aromatic heterocycles. The van der Waals surface area contributed by atoms with Gasteiger partial charge in [0.05, 0.1) is 6.54 Å². The van der Waals surface area contributed by atoms with Crippen molar-refractivity contribution in [2.24, 2.45) is 0 Å². The van der Waals surface area contributed by atoms with Gasteiger partial charge in [-0.25, -0.2) is 0 Å². The van der Waals surface area contributed by atoms with Gasteiger partial charge in [-0.15, -0.1) is 0 Å². The minimum atomic E-state index is -0.549. The Labute approximate surface area is 128 Å². The van der Waals surface area contributed by atoms with Crippen LogP contribution in [0.3, 0.4) is 0 Å². The minimum absolute atomic E-state index is 0.0469. The van der Waals surface area contributed by atoms with Crippen molar-refractivity contribution in [2.45, 2.75) is 6.29 Å². The van der Waals surface area contributed by atoms with E-state index in [-0.39, 0.29) is 12.1 Å². The average Bonchev–Trinajstić information content (AvgIpc) is 2.56. The van der Waals surface area contributed by atoms with E-state index < -0.39 is 17.8 Å². The molecule has 2 rings (SSSR count). The summed E-state index contributed by atoms with van der Waals surface area (Å²) < 4.78 is 9.94. The normalized spacial score (nSPS) is 10.7. The number of carbonyl (C=O) groups excluding carboxylic acids is 1. The van der Waals surface area contributed by atoms with Crippen LogP contribution in [0.5, 0.6) is 0 Å². The first-order valence-corrected chi connectivity index (χ1v) is 6.78. The molecule has 1 aromatic carbocycles. The zero-order valence-electron chi connectivity index (χ0n) is 12.5. The standard InChI is InChI=1S/C16H18N2O4/c1-21-14(22-2)10-17-15(19)12-8-9-13(18-16(12)20)11-6-4-3-5-7-11/h3-9,14H,10H2,1-2H3,(H,17,19)(H,18,20). The summed E-state index contributed by atoms with van der Waals surface area (Å²) in [6.07, 6.45) is -0.549. The molecule has 0 saturated carbocycles. The van der Waals surface area contributed by atoms with Crippen LogP contribution in [0.15, 0.2) is 47.3 Å². The van der Waals surface area contributed by atoms with Crippen LogP contribution < -0.4 is 10.9 Å². The molecule has 0 fully saturated rings. The van der Waals surface area contributed by atoms with Gasteiger partial charge in [-0.2, -0.15) is 0 Å². The van der Waals surface area contributed by atoms with Crippen LogP contribution in [0.1, 0.15) is 10.4 Å². The second-order valence-corrected chi connectivity index (χ2v) is 4.59. The molecule has 0 bridgehead atoms. The monoisotopic (exact) mass is 302 g/mol. The Kier molecular flexibility index (Phi) is 5.46. The summed E-state index contributed by atoms with van der Waals surface area (Å²) in [6, 6.07) is 12.6. The van der Waals surface area contributed by atoms with Gasteiger partial charge in [-0.3, -0.25) is 9.59 Å². The molecular weight excluding hydrogens is 284 g/mol. The maximum atomic E-state index is 12.1. The molecule has 2 N–H and O–H groups in total. The lowest BCUT2D eigenvalue weighted by Crippen LogP contribution is -2.36. The second kappa shape index (κ2) is 7.53. The first kappa shape index (κ1) is 15.9. The number of pyridine rings is 1. The molecular formula is C16H18N2O4. The number of nitrogens with one attached hydrogen (secondary N) is 2. The molecule has 0 saturated heterocycles. The minimum Gasteiger partial charge on any atom is -0.354 e. The number of benzene rings is 1. The van der Waals surface area contributed by atoms with Crippen LogP contribution in [-0.2, 0) is 9.47 Å².